The molecule has 2 aromatic rings. The summed E-state index contributed by atoms with van der Waals surface area (Å²) in [6.45, 7) is 24.2. The van der Waals surface area contributed by atoms with Crippen LogP contribution in [0.2, 0.25) is 0 Å². The summed E-state index contributed by atoms with van der Waals surface area (Å²) >= 11 is 1.48. The van der Waals surface area contributed by atoms with Gasteiger partial charge < -0.3 is 9.80 Å². The Bertz CT molecular complexity index is 821. The SMILES string of the molecule is C=C(C)CC.CC.CC.CCc1csc(NC(=O)N2CCN(c3ncccc3C)CC2C)n1. The molecule has 1 aliphatic heterocycles. The van der Waals surface area contributed by atoms with E-state index < -0.39 is 0 Å². The number of hydrogen-bond donors (Lipinski definition) is 1. The van der Waals surface area contributed by atoms with Crippen LogP contribution in [0.25, 0.3) is 0 Å². The largest absolute Gasteiger partial charge is 0.353 e. The minimum Gasteiger partial charge on any atom is -0.353 e. The van der Waals surface area contributed by atoms with E-state index in [4.69, 9.17) is 0 Å². The van der Waals surface area contributed by atoms with Gasteiger partial charge in [-0.3, -0.25) is 5.32 Å². The number of nitrogens with one attached hydrogen (secondary N) is 1. The molecular formula is C26H45N5OS. The first kappa shape index (κ1) is 30.6. The summed E-state index contributed by atoms with van der Waals surface area (Å²) in [4.78, 5) is 25.5. The van der Waals surface area contributed by atoms with Gasteiger partial charge in [-0.05, 0) is 45.2 Å². The van der Waals surface area contributed by atoms with Gasteiger partial charge in [0.2, 0.25) is 0 Å². The zero-order valence-corrected chi connectivity index (χ0v) is 23.1. The minimum absolute atomic E-state index is 0.0723. The number of thiazole rings is 1. The predicted octanol–water partition coefficient (Wildman–Crippen LogP) is 7.18. The van der Waals surface area contributed by atoms with Gasteiger partial charge in [0, 0.05) is 37.3 Å². The summed E-state index contributed by atoms with van der Waals surface area (Å²) in [6.07, 6.45) is 3.81. The van der Waals surface area contributed by atoms with E-state index in [1.165, 1.54) is 16.9 Å². The van der Waals surface area contributed by atoms with Crippen molar-refractivity contribution in [3.8, 4) is 0 Å². The number of allylic oxidation sites excluding steroid dienone is 1. The number of aromatic nitrogens is 2. The number of hydrogen-bond acceptors (Lipinski definition) is 5. The smallest absolute Gasteiger partial charge is 0.324 e. The number of carbonyl (C=O) groups is 1. The third-order valence-corrected chi connectivity index (χ3v) is 5.71. The molecule has 0 spiro atoms. The third kappa shape index (κ3) is 10.4. The maximum atomic E-state index is 12.5. The van der Waals surface area contributed by atoms with E-state index in [0.717, 1.165) is 43.0 Å². The highest BCUT2D eigenvalue weighted by molar-refractivity contribution is 7.13. The molecule has 1 atom stereocenters. The average molecular weight is 476 g/mol. The minimum atomic E-state index is -0.0723. The fourth-order valence-corrected chi connectivity index (χ4v) is 3.73. The van der Waals surface area contributed by atoms with Crippen molar-refractivity contribution < 1.29 is 4.79 Å². The van der Waals surface area contributed by atoms with Crippen LogP contribution in [0.4, 0.5) is 15.7 Å². The number of amides is 2. The Morgan fingerprint density at radius 1 is 1.24 bits per heavy atom. The van der Waals surface area contributed by atoms with Crippen molar-refractivity contribution in [1.82, 2.24) is 14.9 Å². The third-order valence-electron chi connectivity index (χ3n) is 4.90. The molecule has 3 rings (SSSR count). The summed E-state index contributed by atoms with van der Waals surface area (Å²) in [7, 11) is 0. The van der Waals surface area contributed by atoms with E-state index in [1.807, 2.05) is 57.2 Å². The van der Waals surface area contributed by atoms with Crippen molar-refractivity contribution >= 4 is 28.3 Å². The predicted molar refractivity (Wildman–Crippen MR) is 146 cm³/mol. The van der Waals surface area contributed by atoms with Crippen molar-refractivity contribution in [2.24, 2.45) is 0 Å². The number of aryl methyl sites for hydroxylation is 2. The Balaban J connectivity index is 0.000000991. The van der Waals surface area contributed by atoms with Gasteiger partial charge in [-0.1, -0.05) is 53.2 Å². The van der Waals surface area contributed by atoms with E-state index in [9.17, 15) is 4.79 Å². The number of pyridine rings is 1. The standard InChI is InChI=1S/C17H23N5OS.C5H10.2C2H6/c1-4-14-11-24-16(19-14)20-17(23)22-9-8-21(10-13(22)3)15-12(2)6-5-7-18-15;1-4-5(2)3;2*1-2/h5-7,11,13H,4,8-10H2,1-3H3,(H,19,20,23);2,4H2,1,3H3;2*1-2H3. The highest BCUT2D eigenvalue weighted by Crippen LogP contribution is 2.22. The Hall–Kier alpha value is -2.41. The Labute approximate surface area is 206 Å². The van der Waals surface area contributed by atoms with Gasteiger partial charge in [-0.15, -0.1) is 17.9 Å². The first-order valence-electron chi connectivity index (χ1n) is 12.2. The number of anilines is 2. The Morgan fingerprint density at radius 2 is 1.88 bits per heavy atom. The summed E-state index contributed by atoms with van der Waals surface area (Å²) in [5, 5.41) is 5.58. The van der Waals surface area contributed by atoms with E-state index >= 15 is 0 Å². The number of carbonyl (C=O) groups excluding carboxylic acids is 1. The van der Waals surface area contributed by atoms with Gasteiger partial charge in [0.15, 0.2) is 5.13 Å². The first-order valence-corrected chi connectivity index (χ1v) is 13.1. The molecule has 2 aromatic heterocycles. The second-order valence-corrected chi connectivity index (χ2v) is 8.23. The second kappa shape index (κ2) is 17.1. The summed E-state index contributed by atoms with van der Waals surface area (Å²) in [6, 6.07) is 4.06. The van der Waals surface area contributed by atoms with Gasteiger partial charge in [0.05, 0.1) is 5.69 Å². The summed E-state index contributed by atoms with van der Waals surface area (Å²) in [5.74, 6) is 1.01. The molecule has 1 unspecified atom stereocenters. The molecule has 3 heterocycles. The van der Waals surface area contributed by atoms with Crippen molar-refractivity contribution in [3.05, 3.63) is 47.1 Å². The van der Waals surface area contributed by atoms with E-state index in [1.54, 1.807) is 0 Å². The van der Waals surface area contributed by atoms with Gasteiger partial charge in [-0.25, -0.2) is 14.8 Å². The van der Waals surface area contributed by atoms with Gasteiger partial charge in [-0.2, -0.15) is 0 Å². The van der Waals surface area contributed by atoms with Crippen molar-refractivity contribution in [2.75, 3.05) is 29.9 Å². The lowest BCUT2D eigenvalue weighted by Crippen LogP contribution is -2.55. The lowest BCUT2D eigenvalue weighted by Gasteiger charge is -2.40. The summed E-state index contributed by atoms with van der Waals surface area (Å²) < 4.78 is 0. The number of piperazine rings is 1. The second-order valence-electron chi connectivity index (χ2n) is 7.37. The highest BCUT2D eigenvalue weighted by Gasteiger charge is 2.29. The topological polar surface area (TPSA) is 61.4 Å². The molecule has 1 saturated heterocycles. The van der Waals surface area contributed by atoms with Crippen LogP contribution in [0.3, 0.4) is 0 Å². The molecule has 6 nitrogen and oxygen atoms in total. The van der Waals surface area contributed by atoms with Crippen molar-refractivity contribution in [3.63, 3.8) is 0 Å². The monoisotopic (exact) mass is 475 g/mol. The number of urea groups is 1. The summed E-state index contributed by atoms with van der Waals surface area (Å²) in [5.41, 5.74) is 3.43. The molecule has 0 bridgehead atoms. The van der Waals surface area contributed by atoms with Gasteiger partial charge in [0.1, 0.15) is 5.82 Å². The number of nitrogens with zero attached hydrogens (tertiary/aromatic N) is 4. The first-order chi connectivity index (χ1) is 15.8. The quantitative estimate of drug-likeness (QED) is 0.476. The van der Waals surface area contributed by atoms with Crippen LogP contribution < -0.4 is 10.2 Å². The van der Waals surface area contributed by atoms with Crippen molar-refractivity contribution in [2.45, 2.75) is 81.2 Å². The van der Waals surface area contributed by atoms with Crippen molar-refractivity contribution in [1.29, 1.82) is 0 Å². The van der Waals surface area contributed by atoms with E-state index in [0.29, 0.717) is 11.7 Å². The van der Waals surface area contributed by atoms with E-state index in [2.05, 4.69) is 60.5 Å². The molecule has 0 saturated carbocycles. The lowest BCUT2D eigenvalue weighted by molar-refractivity contribution is 0.184. The molecule has 0 radical (unpaired) electrons. The number of rotatable bonds is 4. The molecule has 1 N–H and O–H groups in total. The molecule has 2 amide bonds. The zero-order chi connectivity index (χ0) is 25.4. The molecule has 0 aliphatic carbocycles. The van der Waals surface area contributed by atoms with Crippen LogP contribution in [0.1, 0.15) is 73.1 Å². The van der Waals surface area contributed by atoms with Crippen LogP contribution in [0, 0.1) is 6.92 Å². The highest BCUT2D eigenvalue weighted by atomic mass is 32.1. The van der Waals surface area contributed by atoms with Crippen LogP contribution >= 0.6 is 11.3 Å². The van der Waals surface area contributed by atoms with Crippen LogP contribution in [0.15, 0.2) is 35.9 Å². The molecule has 33 heavy (non-hydrogen) atoms. The fourth-order valence-electron chi connectivity index (χ4n) is 2.95. The normalized spacial score (nSPS) is 14.5. The van der Waals surface area contributed by atoms with Crippen LogP contribution in [0.5, 0.6) is 0 Å². The fraction of sp³-hybridized carbons (Fsp3) is 0.577. The zero-order valence-electron chi connectivity index (χ0n) is 22.2. The molecule has 7 heteroatoms. The van der Waals surface area contributed by atoms with Gasteiger partial charge >= 0.3 is 6.03 Å². The van der Waals surface area contributed by atoms with Crippen LogP contribution in [-0.4, -0.2) is 46.6 Å². The average Bonchev–Trinajstić information content (AvgIpc) is 3.29. The maximum absolute atomic E-state index is 12.5. The molecule has 0 aromatic carbocycles. The Morgan fingerprint density at radius 3 is 2.36 bits per heavy atom. The van der Waals surface area contributed by atoms with E-state index in [-0.39, 0.29) is 12.1 Å². The lowest BCUT2D eigenvalue weighted by atomic mass is 10.1. The Kier molecular flexibility index (Phi) is 15.9. The molecule has 1 aliphatic rings. The molecular weight excluding hydrogens is 430 g/mol. The van der Waals surface area contributed by atoms with Gasteiger partial charge in [0.25, 0.3) is 0 Å². The maximum Gasteiger partial charge on any atom is 0.324 e. The molecule has 186 valence electrons. The molecule has 1 fully saturated rings. The van der Waals surface area contributed by atoms with Crippen LogP contribution in [-0.2, 0) is 6.42 Å².